The lowest BCUT2D eigenvalue weighted by molar-refractivity contribution is -0.137. The molecule has 0 saturated heterocycles. The van der Waals surface area contributed by atoms with Crippen LogP contribution in [0.4, 0.5) is 13.2 Å². The Bertz CT molecular complexity index is 360. The molecule has 0 fully saturated rings. The second kappa shape index (κ2) is 4.87. The van der Waals surface area contributed by atoms with Crippen molar-refractivity contribution in [3.8, 4) is 5.75 Å². The zero-order valence-electron chi connectivity index (χ0n) is 7.64. The first kappa shape index (κ1) is 12.4. The van der Waals surface area contributed by atoms with Gasteiger partial charge in [-0.15, -0.1) is 0 Å². The summed E-state index contributed by atoms with van der Waals surface area (Å²) in [5, 5.41) is 0. The van der Waals surface area contributed by atoms with Gasteiger partial charge >= 0.3 is 6.18 Å². The summed E-state index contributed by atoms with van der Waals surface area (Å²) in [5.41, 5.74) is -0.669. The zero-order valence-corrected chi connectivity index (χ0v) is 9.80. The molecule has 1 aromatic rings. The third-order valence-electron chi connectivity index (χ3n) is 1.62. The molecule has 0 aliphatic carbocycles. The summed E-state index contributed by atoms with van der Waals surface area (Å²) in [4.78, 5) is 0. The molecular formula is C10H8F3IO. The van der Waals surface area contributed by atoms with Crippen molar-refractivity contribution >= 4 is 22.6 Å². The Labute approximate surface area is 99.1 Å². The van der Waals surface area contributed by atoms with Gasteiger partial charge in [-0.25, -0.2) is 0 Å². The summed E-state index contributed by atoms with van der Waals surface area (Å²) >= 11 is 1.81. The van der Waals surface area contributed by atoms with Crippen LogP contribution in [0.2, 0.25) is 0 Å². The highest BCUT2D eigenvalue weighted by Crippen LogP contribution is 2.33. The van der Waals surface area contributed by atoms with E-state index in [1.54, 1.807) is 22.6 Å². The van der Waals surface area contributed by atoms with Crippen molar-refractivity contribution in [3.05, 3.63) is 40.0 Å². The number of hydrogen-bond donors (Lipinski definition) is 0. The van der Waals surface area contributed by atoms with E-state index in [0.29, 0.717) is 9.32 Å². The Kier molecular flexibility index (Phi) is 4.01. The molecule has 0 amide bonds. The second-order valence-corrected chi connectivity index (χ2v) is 3.90. The van der Waals surface area contributed by atoms with E-state index in [1.807, 2.05) is 0 Å². The minimum Gasteiger partial charge on any atom is -0.488 e. The van der Waals surface area contributed by atoms with Crippen molar-refractivity contribution < 1.29 is 17.9 Å². The molecule has 15 heavy (non-hydrogen) atoms. The van der Waals surface area contributed by atoms with Crippen molar-refractivity contribution in [1.29, 1.82) is 0 Å². The van der Waals surface area contributed by atoms with Gasteiger partial charge in [-0.2, -0.15) is 13.2 Å². The van der Waals surface area contributed by atoms with Crippen LogP contribution in [0.3, 0.4) is 0 Å². The van der Waals surface area contributed by atoms with Crippen LogP contribution in [-0.4, -0.2) is 6.61 Å². The van der Waals surface area contributed by atoms with Crippen molar-refractivity contribution in [3.63, 3.8) is 0 Å². The summed E-state index contributed by atoms with van der Waals surface area (Å²) in [7, 11) is 0. The topological polar surface area (TPSA) is 9.23 Å². The molecule has 5 heteroatoms. The van der Waals surface area contributed by atoms with Gasteiger partial charge in [0.05, 0.1) is 9.13 Å². The molecular weight excluding hydrogens is 320 g/mol. The molecule has 0 atom stereocenters. The zero-order chi connectivity index (χ0) is 11.5. The van der Waals surface area contributed by atoms with Crippen molar-refractivity contribution in [2.75, 3.05) is 6.61 Å². The minimum atomic E-state index is -4.31. The number of rotatable bonds is 3. The van der Waals surface area contributed by atoms with Crippen LogP contribution in [0.1, 0.15) is 5.56 Å². The van der Waals surface area contributed by atoms with Gasteiger partial charge in [-0.05, 0) is 40.8 Å². The van der Waals surface area contributed by atoms with E-state index in [9.17, 15) is 13.2 Å². The van der Waals surface area contributed by atoms with Crippen LogP contribution in [0.5, 0.6) is 5.75 Å². The summed E-state index contributed by atoms with van der Waals surface area (Å²) in [6.07, 6.45) is -2.77. The SMILES string of the molecule is C=CCOc1ccc(C(F)(F)F)cc1I. The largest absolute Gasteiger partial charge is 0.488 e. The maximum atomic E-state index is 12.3. The lowest BCUT2D eigenvalue weighted by atomic mass is 10.2. The van der Waals surface area contributed by atoms with E-state index in [1.165, 1.54) is 12.1 Å². The van der Waals surface area contributed by atoms with Gasteiger partial charge in [0.25, 0.3) is 0 Å². The first-order chi connectivity index (χ1) is 6.95. The molecule has 1 nitrogen and oxygen atoms in total. The van der Waals surface area contributed by atoms with Crippen molar-refractivity contribution in [1.82, 2.24) is 0 Å². The van der Waals surface area contributed by atoms with Crippen LogP contribution < -0.4 is 4.74 Å². The van der Waals surface area contributed by atoms with Gasteiger partial charge in [-0.3, -0.25) is 0 Å². The summed E-state index contributed by atoms with van der Waals surface area (Å²) < 4.78 is 42.5. The summed E-state index contributed by atoms with van der Waals surface area (Å²) in [6.45, 7) is 3.73. The van der Waals surface area contributed by atoms with E-state index < -0.39 is 11.7 Å². The van der Waals surface area contributed by atoms with Crippen molar-refractivity contribution in [2.45, 2.75) is 6.18 Å². The van der Waals surface area contributed by atoms with Gasteiger partial charge < -0.3 is 4.74 Å². The fourth-order valence-electron chi connectivity index (χ4n) is 0.943. The third kappa shape index (κ3) is 3.40. The highest BCUT2D eigenvalue weighted by atomic mass is 127. The van der Waals surface area contributed by atoms with Gasteiger partial charge in [0.1, 0.15) is 12.4 Å². The molecule has 0 aromatic heterocycles. The van der Waals surface area contributed by atoms with Crippen LogP contribution >= 0.6 is 22.6 Å². The molecule has 0 aliphatic rings. The molecule has 0 unspecified atom stereocenters. The van der Waals surface area contributed by atoms with Crippen LogP contribution in [0, 0.1) is 3.57 Å². The van der Waals surface area contributed by atoms with Gasteiger partial charge in [0.2, 0.25) is 0 Å². The average Bonchev–Trinajstić information content (AvgIpc) is 2.14. The second-order valence-electron chi connectivity index (χ2n) is 2.74. The van der Waals surface area contributed by atoms with E-state index in [2.05, 4.69) is 6.58 Å². The minimum absolute atomic E-state index is 0.279. The Balaban J connectivity index is 2.93. The molecule has 0 aliphatic heterocycles. The molecule has 0 bridgehead atoms. The predicted molar refractivity (Wildman–Crippen MR) is 59.9 cm³/mol. The molecule has 1 aromatic carbocycles. The Morgan fingerprint density at radius 3 is 2.53 bits per heavy atom. The number of benzene rings is 1. The first-order valence-electron chi connectivity index (χ1n) is 4.05. The lowest BCUT2D eigenvalue weighted by Crippen LogP contribution is -2.05. The Hall–Kier alpha value is -0.720. The maximum absolute atomic E-state index is 12.3. The Morgan fingerprint density at radius 1 is 1.40 bits per heavy atom. The molecule has 0 N–H and O–H groups in total. The monoisotopic (exact) mass is 328 g/mol. The molecule has 1 rings (SSSR count). The van der Waals surface area contributed by atoms with Crippen LogP contribution in [-0.2, 0) is 6.18 Å². The number of hydrogen-bond acceptors (Lipinski definition) is 1. The summed E-state index contributed by atoms with van der Waals surface area (Å²) in [5.74, 6) is 0.434. The highest BCUT2D eigenvalue weighted by molar-refractivity contribution is 14.1. The van der Waals surface area contributed by atoms with E-state index in [-0.39, 0.29) is 6.61 Å². The van der Waals surface area contributed by atoms with E-state index in [4.69, 9.17) is 4.74 Å². The lowest BCUT2D eigenvalue weighted by Gasteiger charge is -2.10. The molecule has 0 spiro atoms. The molecule has 82 valence electrons. The normalized spacial score (nSPS) is 11.2. The van der Waals surface area contributed by atoms with E-state index >= 15 is 0 Å². The standard InChI is InChI=1S/C10H8F3IO/c1-2-5-15-9-4-3-7(6-8(9)14)10(11,12)13/h2-4,6H,1,5H2. The van der Waals surface area contributed by atoms with Gasteiger partial charge in [0.15, 0.2) is 0 Å². The van der Waals surface area contributed by atoms with Gasteiger partial charge in [-0.1, -0.05) is 12.7 Å². The average molecular weight is 328 g/mol. The smallest absolute Gasteiger partial charge is 0.416 e. The maximum Gasteiger partial charge on any atom is 0.416 e. The fourth-order valence-corrected chi connectivity index (χ4v) is 1.61. The van der Waals surface area contributed by atoms with Crippen LogP contribution in [0.15, 0.2) is 30.9 Å². The van der Waals surface area contributed by atoms with E-state index in [0.717, 1.165) is 12.1 Å². The molecule has 0 radical (unpaired) electrons. The first-order valence-corrected chi connectivity index (χ1v) is 5.13. The number of alkyl halides is 3. The van der Waals surface area contributed by atoms with Crippen molar-refractivity contribution in [2.24, 2.45) is 0 Å². The summed E-state index contributed by atoms with van der Waals surface area (Å²) in [6, 6.07) is 3.37. The number of ether oxygens (including phenoxy) is 1. The molecule has 0 heterocycles. The van der Waals surface area contributed by atoms with Crippen LogP contribution in [0.25, 0.3) is 0 Å². The fraction of sp³-hybridized carbons (Fsp3) is 0.200. The quantitative estimate of drug-likeness (QED) is 0.605. The Morgan fingerprint density at radius 2 is 2.07 bits per heavy atom. The highest BCUT2D eigenvalue weighted by Gasteiger charge is 2.30. The molecule has 0 saturated carbocycles. The predicted octanol–water partition coefficient (Wildman–Crippen LogP) is 3.87. The number of halogens is 4. The van der Waals surface area contributed by atoms with Gasteiger partial charge in [0, 0.05) is 0 Å². The third-order valence-corrected chi connectivity index (χ3v) is 2.46.